The van der Waals surface area contributed by atoms with Crippen LogP contribution in [0.1, 0.15) is 6.42 Å². The van der Waals surface area contributed by atoms with E-state index in [1.54, 1.807) is 6.20 Å². The van der Waals surface area contributed by atoms with Crippen LogP contribution in [-0.4, -0.2) is 11.7 Å². The van der Waals surface area contributed by atoms with Crippen LogP contribution >= 0.6 is 15.9 Å². The molecule has 0 aliphatic carbocycles. The molecule has 0 bridgehead atoms. The van der Waals surface area contributed by atoms with Gasteiger partial charge >= 0.3 is 0 Å². The molecule has 12 heavy (non-hydrogen) atoms. The number of carbonyl (C=O) groups excluding carboxylic acids is 1. The third-order valence-corrected chi connectivity index (χ3v) is 1.98. The maximum absolute atomic E-state index is 10.9. The minimum atomic E-state index is -0.0264. The molecule has 2 aliphatic heterocycles. The number of aliphatic imine (C=N–C) groups is 1. The molecule has 0 aromatic carbocycles. The summed E-state index contributed by atoms with van der Waals surface area (Å²) in [6, 6.07) is 0. The Labute approximate surface area is 77.6 Å². The second kappa shape index (κ2) is 2.75. The number of amides is 1. The molecule has 2 aliphatic rings. The SMILES string of the molecule is O=C1CC=C2NC=C(Br)N=C2N1. The number of halogens is 1. The summed E-state index contributed by atoms with van der Waals surface area (Å²) in [6.45, 7) is 0. The van der Waals surface area contributed by atoms with Gasteiger partial charge in [0.05, 0.1) is 5.70 Å². The van der Waals surface area contributed by atoms with E-state index in [2.05, 4.69) is 31.6 Å². The largest absolute Gasteiger partial charge is 0.357 e. The Bertz CT molecular complexity index is 330. The number of hydrogen-bond acceptors (Lipinski definition) is 3. The smallest absolute Gasteiger partial charge is 0.229 e. The van der Waals surface area contributed by atoms with E-state index in [-0.39, 0.29) is 5.91 Å². The summed E-state index contributed by atoms with van der Waals surface area (Å²) in [5.74, 6) is 0.558. The second-order valence-corrected chi connectivity index (χ2v) is 3.25. The summed E-state index contributed by atoms with van der Waals surface area (Å²) in [4.78, 5) is 15.0. The van der Waals surface area contributed by atoms with Crippen molar-refractivity contribution in [2.75, 3.05) is 0 Å². The van der Waals surface area contributed by atoms with Gasteiger partial charge in [-0.2, -0.15) is 0 Å². The van der Waals surface area contributed by atoms with E-state index < -0.39 is 0 Å². The molecular weight excluding hydrogens is 222 g/mol. The van der Waals surface area contributed by atoms with Crippen LogP contribution in [0.2, 0.25) is 0 Å². The van der Waals surface area contributed by atoms with E-state index >= 15 is 0 Å². The Morgan fingerprint density at radius 2 is 2.42 bits per heavy atom. The Kier molecular flexibility index (Phi) is 1.73. The quantitative estimate of drug-likeness (QED) is 0.596. The van der Waals surface area contributed by atoms with E-state index in [4.69, 9.17) is 0 Å². The lowest BCUT2D eigenvalue weighted by Gasteiger charge is -2.19. The van der Waals surface area contributed by atoms with Crippen molar-refractivity contribution in [2.45, 2.75) is 6.42 Å². The van der Waals surface area contributed by atoms with E-state index in [1.165, 1.54) is 0 Å². The van der Waals surface area contributed by atoms with Gasteiger partial charge in [-0.3, -0.25) is 4.79 Å². The van der Waals surface area contributed by atoms with Gasteiger partial charge in [-0.1, -0.05) is 0 Å². The van der Waals surface area contributed by atoms with Crippen LogP contribution in [0.5, 0.6) is 0 Å². The van der Waals surface area contributed by atoms with Crippen molar-refractivity contribution >= 4 is 27.7 Å². The zero-order valence-electron chi connectivity index (χ0n) is 6.10. The van der Waals surface area contributed by atoms with Crippen molar-refractivity contribution in [1.82, 2.24) is 10.6 Å². The number of nitrogens with one attached hydrogen (secondary N) is 2. The fourth-order valence-corrected chi connectivity index (χ4v) is 1.33. The number of nitrogens with zero attached hydrogens (tertiary/aromatic N) is 1. The highest BCUT2D eigenvalue weighted by atomic mass is 79.9. The minimum Gasteiger partial charge on any atom is -0.357 e. The van der Waals surface area contributed by atoms with Gasteiger partial charge in [-0.25, -0.2) is 4.99 Å². The molecule has 0 aromatic heterocycles. The summed E-state index contributed by atoms with van der Waals surface area (Å²) in [5, 5.41) is 5.66. The highest BCUT2D eigenvalue weighted by Gasteiger charge is 2.18. The van der Waals surface area contributed by atoms with Gasteiger partial charge < -0.3 is 10.6 Å². The van der Waals surface area contributed by atoms with E-state index in [1.807, 2.05) is 6.08 Å². The average Bonchev–Trinajstić information content (AvgIpc) is 2.03. The molecule has 1 amide bonds. The first kappa shape index (κ1) is 7.54. The summed E-state index contributed by atoms with van der Waals surface area (Å²) >= 11 is 3.20. The van der Waals surface area contributed by atoms with Crippen LogP contribution in [0.25, 0.3) is 0 Å². The molecule has 4 nitrogen and oxygen atoms in total. The number of fused-ring (bicyclic) bond motifs is 1. The number of hydrogen-bond donors (Lipinski definition) is 2. The summed E-state index contributed by atoms with van der Waals surface area (Å²) in [7, 11) is 0. The number of carbonyl (C=O) groups is 1. The first-order valence-corrected chi connectivity index (χ1v) is 4.26. The van der Waals surface area contributed by atoms with Crippen molar-refractivity contribution in [3.05, 3.63) is 22.6 Å². The zero-order valence-corrected chi connectivity index (χ0v) is 7.68. The lowest BCUT2D eigenvalue weighted by Crippen LogP contribution is -2.39. The second-order valence-electron chi connectivity index (χ2n) is 2.44. The van der Waals surface area contributed by atoms with E-state index in [0.717, 1.165) is 5.70 Å². The van der Waals surface area contributed by atoms with Crippen molar-refractivity contribution in [3.63, 3.8) is 0 Å². The molecule has 2 heterocycles. The maximum atomic E-state index is 10.9. The Morgan fingerprint density at radius 3 is 3.25 bits per heavy atom. The highest BCUT2D eigenvalue weighted by Crippen LogP contribution is 2.14. The van der Waals surface area contributed by atoms with Gasteiger partial charge in [0.2, 0.25) is 5.91 Å². The molecule has 2 rings (SSSR count). The lowest BCUT2D eigenvalue weighted by atomic mass is 10.2. The Morgan fingerprint density at radius 1 is 1.58 bits per heavy atom. The average molecular weight is 228 g/mol. The topological polar surface area (TPSA) is 53.5 Å². The van der Waals surface area contributed by atoms with Gasteiger partial charge in [0.25, 0.3) is 0 Å². The Hall–Kier alpha value is -1.10. The maximum Gasteiger partial charge on any atom is 0.229 e. The first-order chi connectivity index (χ1) is 5.75. The Balaban J connectivity index is 2.35. The van der Waals surface area contributed by atoms with E-state index in [0.29, 0.717) is 16.9 Å². The van der Waals surface area contributed by atoms with Gasteiger partial charge in [-0.05, 0) is 22.0 Å². The molecule has 62 valence electrons. The predicted molar refractivity (Wildman–Crippen MR) is 48.4 cm³/mol. The molecule has 0 fully saturated rings. The monoisotopic (exact) mass is 227 g/mol. The van der Waals surface area contributed by atoms with Gasteiger partial charge in [0.15, 0.2) is 5.84 Å². The molecular formula is C7H6BrN3O. The first-order valence-electron chi connectivity index (χ1n) is 3.47. The molecule has 0 atom stereocenters. The predicted octanol–water partition coefficient (Wildman–Crippen LogP) is 0.586. The molecule has 0 unspecified atom stereocenters. The summed E-state index contributed by atoms with van der Waals surface area (Å²) in [6.07, 6.45) is 3.95. The van der Waals surface area contributed by atoms with E-state index in [9.17, 15) is 4.79 Å². The standard InChI is InChI=1S/C7H6BrN3O/c8-5-3-9-4-1-2-6(12)11-7(4)10-5/h1,3,9H,2H2,(H,10,11,12). The fraction of sp³-hybridized carbons (Fsp3) is 0.143. The molecule has 0 radical (unpaired) electrons. The van der Waals surface area contributed by atoms with Crippen LogP contribution in [0, 0.1) is 0 Å². The third kappa shape index (κ3) is 1.27. The summed E-state index contributed by atoms with van der Waals surface area (Å²) in [5.41, 5.74) is 0.859. The van der Waals surface area contributed by atoms with Crippen molar-refractivity contribution in [2.24, 2.45) is 4.99 Å². The molecule has 0 saturated carbocycles. The van der Waals surface area contributed by atoms with Crippen LogP contribution in [0.3, 0.4) is 0 Å². The van der Waals surface area contributed by atoms with Crippen molar-refractivity contribution in [1.29, 1.82) is 0 Å². The van der Waals surface area contributed by atoms with Gasteiger partial charge in [0, 0.05) is 12.6 Å². The normalized spacial score (nSPS) is 21.1. The molecule has 0 spiro atoms. The molecule has 5 heteroatoms. The van der Waals surface area contributed by atoms with Crippen molar-refractivity contribution < 1.29 is 4.79 Å². The van der Waals surface area contributed by atoms with Crippen LogP contribution < -0.4 is 10.6 Å². The van der Waals surface area contributed by atoms with Crippen LogP contribution in [0.15, 0.2) is 27.6 Å². The molecule has 0 saturated heterocycles. The van der Waals surface area contributed by atoms with Crippen LogP contribution in [0.4, 0.5) is 0 Å². The molecule has 2 N–H and O–H groups in total. The van der Waals surface area contributed by atoms with Crippen LogP contribution in [-0.2, 0) is 4.79 Å². The fourth-order valence-electron chi connectivity index (χ4n) is 1.03. The number of amidine groups is 1. The number of rotatable bonds is 0. The van der Waals surface area contributed by atoms with Crippen molar-refractivity contribution in [3.8, 4) is 0 Å². The highest BCUT2D eigenvalue weighted by molar-refractivity contribution is 9.11. The third-order valence-electron chi connectivity index (χ3n) is 1.57. The lowest BCUT2D eigenvalue weighted by molar-refractivity contribution is -0.119. The zero-order chi connectivity index (χ0) is 8.55. The van der Waals surface area contributed by atoms with Gasteiger partial charge in [0.1, 0.15) is 4.61 Å². The summed E-state index contributed by atoms with van der Waals surface area (Å²) < 4.78 is 0.678. The molecule has 0 aromatic rings. The minimum absolute atomic E-state index is 0.0264. The van der Waals surface area contributed by atoms with Gasteiger partial charge in [-0.15, -0.1) is 0 Å².